The molecule has 0 aliphatic carbocycles. The van der Waals surface area contributed by atoms with Crippen LogP contribution in [0.3, 0.4) is 0 Å². The maximum Gasteiger partial charge on any atom is 0.0701 e. The van der Waals surface area contributed by atoms with Gasteiger partial charge in [0.15, 0.2) is 0 Å². The SMILES string of the molecule is NCc1cccc(Cl)c1N1CCC(OCCO)CC1. The minimum absolute atomic E-state index is 0.0854. The van der Waals surface area contributed by atoms with Gasteiger partial charge in [-0.3, -0.25) is 0 Å². The molecule has 19 heavy (non-hydrogen) atoms. The van der Waals surface area contributed by atoms with Crippen molar-refractivity contribution in [3.63, 3.8) is 0 Å². The normalized spacial score (nSPS) is 16.9. The van der Waals surface area contributed by atoms with E-state index in [9.17, 15) is 0 Å². The number of ether oxygens (including phenoxy) is 1. The van der Waals surface area contributed by atoms with Crippen LogP contribution in [-0.2, 0) is 11.3 Å². The summed E-state index contributed by atoms with van der Waals surface area (Å²) in [6.45, 7) is 2.82. The van der Waals surface area contributed by atoms with E-state index >= 15 is 0 Å². The number of piperidine rings is 1. The quantitative estimate of drug-likeness (QED) is 0.865. The number of halogens is 1. The van der Waals surface area contributed by atoms with Crippen molar-refractivity contribution in [1.29, 1.82) is 0 Å². The number of aliphatic hydroxyl groups is 1. The second-order valence-electron chi connectivity index (χ2n) is 4.73. The zero-order chi connectivity index (χ0) is 13.7. The van der Waals surface area contributed by atoms with Gasteiger partial charge in [-0.2, -0.15) is 0 Å². The van der Waals surface area contributed by atoms with Crippen molar-refractivity contribution >= 4 is 17.3 Å². The number of para-hydroxylation sites is 1. The molecule has 106 valence electrons. The molecule has 1 aromatic rings. The molecule has 1 heterocycles. The monoisotopic (exact) mass is 284 g/mol. The first-order valence-corrected chi connectivity index (χ1v) is 7.09. The van der Waals surface area contributed by atoms with Gasteiger partial charge in [0.25, 0.3) is 0 Å². The fourth-order valence-corrected chi connectivity index (χ4v) is 2.86. The van der Waals surface area contributed by atoms with E-state index in [0.29, 0.717) is 13.2 Å². The van der Waals surface area contributed by atoms with Gasteiger partial charge in [0.05, 0.1) is 30.0 Å². The fraction of sp³-hybridized carbons (Fsp3) is 0.571. The van der Waals surface area contributed by atoms with Gasteiger partial charge in [-0.1, -0.05) is 23.7 Å². The van der Waals surface area contributed by atoms with Crippen molar-refractivity contribution in [3.05, 3.63) is 28.8 Å². The molecule has 0 unspecified atom stereocenters. The number of nitrogens with two attached hydrogens (primary N) is 1. The Kier molecular flexibility index (Phi) is 5.45. The predicted molar refractivity (Wildman–Crippen MR) is 77.6 cm³/mol. The summed E-state index contributed by atoms with van der Waals surface area (Å²) in [6, 6.07) is 5.87. The van der Waals surface area contributed by atoms with Crippen LogP contribution in [0, 0.1) is 0 Å². The Balaban J connectivity index is 2.01. The van der Waals surface area contributed by atoms with Gasteiger partial charge in [-0.05, 0) is 24.5 Å². The zero-order valence-electron chi connectivity index (χ0n) is 11.0. The van der Waals surface area contributed by atoms with Gasteiger partial charge in [-0.25, -0.2) is 0 Å². The Hall–Kier alpha value is -0.810. The van der Waals surface area contributed by atoms with Crippen LogP contribution in [0.1, 0.15) is 18.4 Å². The van der Waals surface area contributed by atoms with E-state index in [1.165, 1.54) is 0 Å². The highest BCUT2D eigenvalue weighted by Gasteiger charge is 2.22. The molecule has 0 aromatic heterocycles. The molecule has 0 amide bonds. The molecule has 1 aromatic carbocycles. The number of anilines is 1. The summed E-state index contributed by atoms with van der Waals surface area (Å²) in [5.74, 6) is 0. The van der Waals surface area contributed by atoms with E-state index in [1.807, 2.05) is 18.2 Å². The molecular formula is C14H21ClN2O2. The van der Waals surface area contributed by atoms with Crippen LogP contribution in [0.25, 0.3) is 0 Å². The van der Waals surface area contributed by atoms with Crippen LogP contribution in [0.5, 0.6) is 0 Å². The molecule has 3 N–H and O–H groups in total. The lowest BCUT2D eigenvalue weighted by Gasteiger charge is -2.35. The molecule has 0 radical (unpaired) electrons. The topological polar surface area (TPSA) is 58.7 Å². The Morgan fingerprint density at radius 2 is 2.11 bits per heavy atom. The molecule has 1 aliphatic rings. The standard InChI is InChI=1S/C14H21ClN2O2/c15-13-3-1-2-11(10-16)14(13)17-6-4-12(5-7-17)19-9-8-18/h1-3,12,18H,4-10,16H2. The van der Waals surface area contributed by atoms with Gasteiger partial charge >= 0.3 is 0 Å². The average Bonchev–Trinajstić information content (AvgIpc) is 2.45. The highest BCUT2D eigenvalue weighted by molar-refractivity contribution is 6.33. The van der Waals surface area contributed by atoms with E-state index in [2.05, 4.69) is 4.90 Å². The number of benzene rings is 1. The summed E-state index contributed by atoms with van der Waals surface area (Å²) >= 11 is 6.30. The lowest BCUT2D eigenvalue weighted by Crippen LogP contribution is -2.38. The smallest absolute Gasteiger partial charge is 0.0701 e. The minimum Gasteiger partial charge on any atom is -0.394 e. The number of hydrogen-bond donors (Lipinski definition) is 2. The number of aliphatic hydroxyl groups excluding tert-OH is 1. The highest BCUT2D eigenvalue weighted by Crippen LogP contribution is 2.32. The third-order valence-electron chi connectivity index (χ3n) is 3.49. The first-order chi connectivity index (χ1) is 9.26. The summed E-state index contributed by atoms with van der Waals surface area (Å²) in [7, 11) is 0. The second-order valence-corrected chi connectivity index (χ2v) is 5.14. The van der Waals surface area contributed by atoms with Crippen LogP contribution in [0.15, 0.2) is 18.2 Å². The second kappa shape index (κ2) is 7.10. The van der Waals surface area contributed by atoms with Crippen LogP contribution in [-0.4, -0.2) is 37.5 Å². The molecule has 4 nitrogen and oxygen atoms in total. The van der Waals surface area contributed by atoms with E-state index in [1.54, 1.807) is 0 Å². The Morgan fingerprint density at radius 1 is 1.37 bits per heavy atom. The van der Waals surface area contributed by atoms with Crippen molar-refractivity contribution < 1.29 is 9.84 Å². The van der Waals surface area contributed by atoms with Crippen molar-refractivity contribution in [3.8, 4) is 0 Å². The lowest BCUT2D eigenvalue weighted by atomic mass is 10.0. The average molecular weight is 285 g/mol. The molecular weight excluding hydrogens is 264 g/mol. The minimum atomic E-state index is 0.0854. The number of hydrogen-bond acceptors (Lipinski definition) is 4. The molecule has 5 heteroatoms. The maximum atomic E-state index is 8.76. The third kappa shape index (κ3) is 3.60. The third-order valence-corrected chi connectivity index (χ3v) is 3.80. The molecule has 1 saturated heterocycles. The van der Waals surface area contributed by atoms with Gasteiger partial charge in [0.1, 0.15) is 0 Å². The van der Waals surface area contributed by atoms with E-state index in [0.717, 1.165) is 42.2 Å². The van der Waals surface area contributed by atoms with Crippen LogP contribution >= 0.6 is 11.6 Å². The molecule has 1 fully saturated rings. The van der Waals surface area contributed by atoms with Crippen LogP contribution < -0.4 is 10.6 Å². The molecule has 0 saturated carbocycles. The Morgan fingerprint density at radius 3 is 2.74 bits per heavy atom. The first kappa shape index (κ1) is 14.6. The van der Waals surface area contributed by atoms with Gasteiger partial charge < -0.3 is 20.5 Å². The predicted octanol–water partition coefficient (Wildman–Crippen LogP) is 1.78. The molecule has 0 spiro atoms. The number of nitrogens with zero attached hydrogens (tertiary/aromatic N) is 1. The van der Waals surface area contributed by atoms with Gasteiger partial charge in [0, 0.05) is 19.6 Å². The van der Waals surface area contributed by atoms with Crippen molar-refractivity contribution in [2.45, 2.75) is 25.5 Å². The van der Waals surface area contributed by atoms with Gasteiger partial charge in [0.2, 0.25) is 0 Å². The molecule has 1 aliphatic heterocycles. The summed E-state index contributed by atoms with van der Waals surface area (Å²) < 4.78 is 5.57. The summed E-state index contributed by atoms with van der Waals surface area (Å²) in [5.41, 5.74) is 7.93. The molecule has 0 atom stereocenters. The van der Waals surface area contributed by atoms with Crippen LogP contribution in [0.2, 0.25) is 5.02 Å². The lowest BCUT2D eigenvalue weighted by molar-refractivity contribution is 0.0159. The van der Waals surface area contributed by atoms with Crippen LogP contribution in [0.4, 0.5) is 5.69 Å². The van der Waals surface area contributed by atoms with Crippen molar-refractivity contribution in [2.24, 2.45) is 5.73 Å². The zero-order valence-corrected chi connectivity index (χ0v) is 11.8. The maximum absolute atomic E-state index is 8.76. The summed E-state index contributed by atoms with van der Waals surface area (Å²) in [4.78, 5) is 2.28. The van der Waals surface area contributed by atoms with E-state index < -0.39 is 0 Å². The van der Waals surface area contributed by atoms with Crippen molar-refractivity contribution in [1.82, 2.24) is 0 Å². The summed E-state index contributed by atoms with van der Waals surface area (Å²) in [5, 5.41) is 9.53. The largest absolute Gasteiger partial charge is 0.394 e. The first-order valence-electron chi connectivity index (χ1n) is 6.71. The molecule has 0 bridgehead atoms. The van der Waals surface area contributed by atoms with Gasteiger partial charge in [-0.15, -0.1) is 0 Å². The Labute approximate surface area is 119 Å². The fourth-order valence-electron chi connectivity index (χ4n) is 2.54. The highest BCUT2D eigenvalue weighted by atomic mass is 35.5. The van der Waals surface area contributed by atoms with E-state index in [-0.39, 0.29) is 12.7 Å². The Bertz CT molecular complexity index is 406. The van der Waals surface area contributed by atoms with E-state index in [4.69, 9.17) is 27.2 Å². The summed E-state index contributed by atoms with van der Waals surface area (Å²) in [6.07, 6.45) is 2.15. The van der Waals surface area contributed by atoms with Crippen molar-refractivity contribution in [2.75, 3.05) is 31.2 Å². The molecule has 2 rings (SSSR count). The number of rotatable bonds is 5.